The second-order valence-electron chi connectivity index (χ2n) is 9.81. The minimum Gasteiger partial charge on any atom is -0.339 e. The topological polar surface area (TPSA) is 71.3 Å². The van der Waals surface area contributed by atoms with Crippen LogP contribution in [0.15, 0.2) is 59.8 Å². The molecule has 0 aliphatic carbocycles. The summed E-state index contributed by atoms with van der Waals surface area (Å²) in [7, 11) is 0. The number of halogens is 1. The quantitative estimate of drug-likeness (QED) is 0.263. The highest BCUT2D eigenvalue weighted by Gasteiger charge is 2.29. The molecule has 3 aromatic rings. The van der Waals surface area contributed by atoms with Gasteiger partial charge in [0.25, 0.3) is 0 Å². The van der Waals surface area contributed by atoms with Crippen LogP contribution in [-0.2, 0) is 9.59 Å². The molecule has 1 aliphatic rings. The Bertz CT molecular complexity index is 1200. The number of para-hydroxylation sites is 1. The number of thioether (sulfide) groups is 1. The normalized spacial score (nSPS) is 15.9. The van der Waals surface area contributed by atoms with Gasteiger partial charge in [0, 0.05) is 60.5 Å². The lowest BCUT2D eigenvalue weighted by molar-refractivity contribution is -0.143. The van der Waals surface area contributed by atoms with E-state index in [1.54, 1.807) is 11.8 Å². The van der Waals surface area contributed by atoms with Crippen LogP contribution in [0, 0.1) is 5.92 Å². The second-order valence-corrected chi connectivity index (χ2v) is 11.3. The number of nitrogens with zero attached hydrogens (tertiary/aromatic N) is 5. The molecule has 0 bridgehead atoms. The molecule has 196 valence electrons. The van der Waals surface area contributed by atoms with Gasteiger partial charge in [-0.1, -0.05) is 55.4 Å². The van der Waals surface area contributed by atoms with Gasteiger partial charge in [-0.2, -0.15) is 0 Å². The van der Waals surface area contributed by atoms with Crippen LogP contribution in [-0.4, -0.2) is 67.8 Å². The summed E-state index contributed by atoms with van der Waals surface area (Å²) in [4.78, 5) is 29.2. The van der Waals surface area contributed by atoms with Crippen LogP contribution in [0.1, 0.15) is 40.0 Å². The summed E-state index contributed by atoms with van der Waals surface area (Å²) < 4.78 is 2.05. The molecule has 37 heavy (non-hydrogen) atoms. The SMILES string of the molecule is CC(C)CC(=O)N1CCN(C(=O)CCCSc2nnc(-c3ccc(Cl)cc3)n2-c2ccccc2)CC1C. The average Bonchev–Trinajstić information content (AvgIpc) is 3.30. The first-order chi connectivity index (χ1) is 17.8. The van der Waals surface area contributed by atoms with E-state index >= 15 is 0 Å². The number of hydrogen-bond donors (Lipinski definition) is 0. The minimum atomic E-state index is 0.0500. The van der Waals surface area contributed by atoms with Gasteiger partial charge in [0.1, 0.15) is 0 Å². The van der Waals surface area contributed by atoms with E-state index in [0.29, 0.717) is 43.4 Å². The van der Waals surface area contributed by atoms with Crippen molar-refractivity contribution in [3.8, 4) is 17.1 Å². The smallest absolute Gasteiger partial charge is 0.223 e. The van der Waals surface area contributed by atoms with Gasteiger partial charge in [-0.15, -0.1) is 10.2 Å². The number of rotatable bonds is 9. The van der Waals surface area contributed by atoms with E-state index in [1.165, 1.54) is 0 Å². The van der Waals surface area contributed by atoms with Crippen LogP contribution in [0.3, 0.4) is 0 Å². The van der Waals surface area contributed by atoms with Gasteiger partial charge in [0.2, 0.25) is 11.8 Å². The zero-order chi connectivity index (χ0) is 26.4. The standard InChI is InChI=1S/C28H34ClN5O2S/c1-20(2)18-26(36)33-16-15-32(19-21(33)3)25(35)10-7-17-37-28-31-30-27(22-11-13-23(29)14-12-22)34(28)24-8-5-4-6-9-24/h4-6,8-9,11-14,20-21H,7,10,15-19H2,1-3H3. The lowest BCUT2D eigenvalue weighted by Crippen LogP contribution is -2.55. The van der Waals surface area contributed by atoms with E-state index in [4.69, 9.17) is 11.6 Å². The molecule has 1 unspecified atom stereocenters. The fraction of sp³-hybridized carbons (Fsp3) is 0.429. The largest absolute Gasteiger partial charge is 0.339 e. The molecule has 0 saturated carbocycles. The first kappa shape index (κ1) is 27.2. The van der Waals surface area contributed by atoms with Crippen LogP contribution in [0.25, 0.3) is 17.1 Å². The number of piperazine rings is 1. The van der Waals surface area contributed by atoms with Crippen molar-refractivity contribution in [3.63, 3.8) is 0 Å². The van der Waals surface area contributed by atoms with Gasteiger partial charge in [-0.05, 0) is 55.7 Å². The molecule has 1 atom stereocenters. The number of benzene rings is 2. The van der Waals surface area contributed by atoms with E-state index in [-0.39, 0.29) is 17.9 Å². The van der Waals surface area contributed by atoms with E-state index in [2.05, 4.69) is 24.0 Å². The van der Waals surface area contributed by atoms with E-state index in [9.17, 15) is 9.59 Å². The summed E-state index contributed by atoms with van der Waals surface area (Å²) in [6.07, 6.45) is 1.77. The van der Waals surface area contributed by atoms with Crippen molar-refractivity contribution in [3.05, 3.63) is 59.6 Å². The van der Waals surface area contributed by atoms with Crippen molar-refractivity contribution in [1.82, 2.24) is 24.6 Å². The Morgan fingerprint density at radius 1 is 1.03 bits per heavy atom. The van der Waals surface area contributed by atoms with Crippen LogP contribution in [0.5, 0.6) is 0 Å². The van der Waals surface area contributed by atoms with Gasteiger partial charge < -0.3 is 9.80 Å². The third-order valence-electron chi connectivity index (χ3n) is 6.40. The average molecular weight is 540 g/mol. The van der Waals surface area contributed by atoms with Gasteiger partial charge in [0.15, 0.2) is 11.0 Å². The van der Waals surface area contributed by atoms with E-state index in [1.807, 2.05) is 75.9 Å². The van der Waals surface area contributed by atoms with Crippen molar-refractivity contribution < 1.29 is 9.59 Å². The Morgan fingerprint density at radius 2 is 1.76 bits per heavy atom. The fourth-order valence-electron chi connectivity index (χ4n) is 4.53. The third-order valence-corrected chi connectivity index (χ3v) is 7.67. The maximum absolute atomic E-state index is 12.9. The highest BCUT2D eigenvalue weighted by molar-refractivity contribution is 7.99. The maximum Gasteiger partial charge on any atom is 0.223 e. The summed E-state index contributed by atoms with van der Waals surface area (Å²) in [5, 5.41) is 10.4. The molecule has 1 aliphatic heterocycles. The van der Waals surface area contributed by atoms with Gasteiger partial charge in [-0.3, -0.25) is 14.2 Å². The van der Waals surface area contributed by atoms with Crippen molar-refractivity contribution in [1.29, 1.82) is 0 Å². The molecule has 0 N–H and O–H groups in total. The molecule has 1 saturated heterocycles. The number of aromatic nitrogens is 3. The Kier molecular flexibility index (Phi) is 9.27. The Hall–Kier alpha value is -2.84. The Morgan fingerprint density at radius 3 is 2.43 bits per heavy atom. The van der Waals surface area contributed by atoms with Crippen LogP contribution < -0.4 is 0 Å². The second kappa shape index (κ2) is 12.6. The summed E-state index contributed by atoms with van der Waals surface area (Å²) in [5.41, 5.74) is 1.91. The molecular formula is C28H34ClN5O2S. The molecule has 7 nitrogen and oxygen atoms in total. The molecule has 4 rings (SSSR count). The molecule has 1 aromatic heterocycles. The van der Waals surface area contributed by atoms with Crippen molar-refractivity contribution >= 4 is 35.2 Å². The number of carbonyl (C=O) groups is 2. The lowest BCUT2D eigenvalue weighted by atomic mass is 10.1. The van der Waals surface area contributed by atoms with Crippen molar-refractivity contribution in [2.45, 2.75) is 51.2 Å². The monoisotopic (exact) mass is 539 g/mol. The maximum atomic E-state index is 12.9. The zero-order valence-corrected chi connectivity index (χ0v) is 23.2. The van der Waals surface area contributed by atoms with E-state index < -0.39 is 0 Å². The molecule has 0 radical (unpaired) electrons. The van der Waals surface area contributed by atoms with Gasteiger partial charge in [-0.25, -0.2) is 0 Å². The molecular weight excluding hydrogens is 506 g/mol. The molecule has 2 amide bonds. The number of hydrogen-bond acceptors (Lipinski definition) is 5. The first-order valence-electron chi connectivity index (χ1n) is 12.8. The van der Waals surface area contributed by atoms with Gasteiger partial charge >= 0.3 is 0 Å². The fourth-order valence-corrected chi connectivity index (χ4v) is 5.54. The van der Waals surface area contributed by atoms with Crippen LogP contribution in [0.4, 0.5) is 0 Å². The van der Waals surface area contributed by atoms with Crippen LogP contribution >= 0.6 is 23.4 Å². The van der Waals surface area contributed by atoms with Crippen LogP contribution in [0.2, 0.25) is 5.02 Å². The first-order valence-corrected chi connectivity index (χ1v) is 14.2. The summed E-state index contributed by atoms with van der Waals surface area (Å²) in [6, 6.07) is 17.7. The Balaban J connectivity index is 1.34. The highest BCUT2D eigenvalue weighted by atomic mass is 35.5. The molecule has 0 spiro atoms. The Labute approximate surface area is 228 Å². The predicted octanol–water partition coefficient (Wildman–Crippen LogP) is 5.57. The minimum absolute atomic E-state index is 0.0500. The zero-order valence-electron chi connectivity index (χ0n) is 21.6. The van der Waals surface area contributed by atoms with Crippen molar-refractivity contribution in [2.75, 3.05) is 25.4 Å². The number of amides is 2. The van der Waals surface area contributed by atoms with Gasteiger partial charge in [0.05, 0.1) is 0 Å². The molecule has 2 heterocycles. The third kappa shape index (κ3) is 6.93. The van der Waals surface area contributed by atoms with E-state index in [0.717, 1.165) is 34.4 Å². The predicted molar refractivity (Wildman–Crippen MR) is 149 cm³/mol. The summed E-state index contributed by atoms with van der Waals surface area (Å²) in [6.45, 7) is 7.96. The summed E-state index contributed by atoms with van der Waals surface area (Å²) >= 11 is 7.68. The summed E-state index contributed by atoms with van der Waals surface area (Å²) in [5.74, 6) is 2.17. The highest BCUT2D eigenvalue weighted by Crippen LogP contribution is 2.29. The number of carbonyl (C=O) groups excluding carboxylic acids is 2. The molecule has 1 fully saturated rings. The molecule has 2 aromatic carbocycles. The molecule has 9 heteroatoms. The van der Waals surface area contributed by atoms with Crippen molar-refractivity contribution in [2.24, 2.45) is 5.92 Å². The lowest BCUT2D eigenvalue weighted by Gasteiger charge is -2.40.